The van der Waals surface area contributed by atoms with Crippen molar-refractivity contribution in [1.82, 2.24) is 0 Å². The zero-order valence-corrected chi connectivity index (χ0v) is 15.6. The molecule has 0 bridgehead atoms. The molecule has 0 aliphatic heterocycles. The van der Waals surface area contributed by atoms with Crippen molar-refractivity contribution in [3.8, 4) is 5.75 Å². The van der Waals surface area contributed by atoms with Crippen LogP contribution in [0.5, 0.6) is 5.75 Å². The monoisotopic (exact) mass is 357 g/mol. The van der Waals surface area contributed by atoms with Crippen molar-refractivity contribution in [2.75, 3.05) is 12.4 Å². The topological polar surface area (TPSA) is 38.3 Å². The maximum atomic E-state index is 13.0. The minimum absolute atomic E-state index is 0.138. The van der Waals surface area contributed by atoms with Crippen LogP contribution in [0.3, 0.4) is 0 Å². The second kappa shape index (κ2) is 8.86. The molecule has 0 aromatic heterocycles. The predicted octanol–water partition coefficient (Wildman–Crippen LogP) is 5.44. The van der Waals surface area contributed by atoms with Crippen LogP contribution >= 0.6 is 0 Å². The average Bonchev–Trinajstić information content (AvgIpc) is 2.73. The second-order valence-electron chi connectivity index (χ2n) is 6.20. The first-order valence-corrected chi connectivity index (χ1v) is 9.01. The van der Waals surface area contributed by atoms with Crippen LogP contribution in [0.25, 0.3) is 11.6 Å². The highest BCUT2D eigenvalue weighted by Crippen LogP contribution is 2.22. The van der Waals surface area contributed by atoms with Gasteiger partial charge in [0.25, 0.3) is 5.91 Å². The van der Waals surface area contributed by atoms with Gasteiger partial charge in [0.05, 0.1) is 7.11 Å². The molecule has 3 aromatic carbocycles. The molecule has 3 heteroatoms. The van der Waals surface area contributed by atoms with Crippen LogP contribution in [0.4, 0.5) is 5.69 Å². The van der Waals surface area contributed by atoms with Crippen LogP contribution < -0.4 is 10.1 Å². The van der Waals surface area contributed by atoms with Crippen molar-refractivity contribution < 1.29 is 9.53 Å². The standard InChI is InChI=1S/C24H23NO2/c1-3-18-9-13-21(14-10-18)25-24(26)23(20-7-5-4-6-8-20)17-19-11-15-22(27-2)16-12-19/h4-17H,3H2,1-2H3,(H,25,26). The Morgan fingerprint density at radius 3 is 2.19 bits per heavy atom. The number of nitrogens with one attached hydrogen (secondary N) is 1. The van der Waals surface area contributed by atoms with E-state index < -0.39 is 0 Å². The van der Waals surface area contributed by atoms with Crippen LogP contribution in [0.15, 0.2) is 78.9 Å². The molecule has 0 saturated heterocycles. The van der Waals surface area contributed by atoms with Gasteiger partial charge in [-0.1, -0.05) is 61.5 Å². The molecule has 0 heterocycles. The quantitative estimate of drug-likeness (QED) is 0.471. The Balaban J connectivity index is 1.91. The number of carbonyl (C=O) groups is 1. The third kappa shape index (κ3) is 4.85. The van der Waals surface area contributed by atoms with Gasteiger partial charge in [-0.05, 0) is 53.5 Å². The van der Waals surface area contributed by atoms with E-state index in [4.69, 9.17) is 4.74 Å². The molecule has 3 nitrogen and oxygen atoms in total. The number of hydrogen-bond acceptors (Lipinski definition) is 2. The molecule has 0 aliphatic carbocycles. The molecule has 3 aromatic rings. The first-order valence-electron chi connectivity index (χ1n) is 9.01. The lowest BCUT2D eigenvalue weighted by molar-refractivity contribution is -0.111. The van der Waals surface area contributed by atoms with Crippen molar-refractivity contribution in [2.24, 2.45) is 0 Å². The highest BCUT2D eigenvalue weighted by Gasteiger charge is 2.12. The Morgan fingerprint density at radius 2 is 1.59 bits per heavy atom. The molecule has 1 amide bonds. The van der Waals surface area contributed by atoms with Crippen molar-refractivity contribution in [3.63, 3.8) is 0 Å². The highest BCUT2D eigenvalue weighted by molar-refractivity contribution is 6.29. The molecule has 3 rings (SSSR count). The maximum absolute atomic E-state index is 13.0. The summed E-state index contributed by atoms with van der Waals surface area (Å²) >= 11 is 0. The number of carbonyl (C=O) groups excluding carboxylic acids is 1. The summed E-state index contributed by atoms with van der Waals surface area (Å²) in [5, 5.41) is 3.00. The Kier molecular flexibility index (Phi) is 6.06. The minimum Gasteiger partial charge on any atom is -0.497 e. The number of ether oxygens (including phenoxy) is 1. The molecule has 0 saturated carbocycles. The maximum Gasteiger partial charge on any atom is 0.256 e. The Morgan fingerprint density at radius 1 is 0.926 bits per heavy atom. The van der Waals surface area contributed by atoms with Crippen LogP contribution in [0, 0.1) is 0 Å². The zero-order chi connectivity index (χ0) is 19.1. The second-order valence-corrected chi connectivity index (χ2v) is 6.20. The molecule has 0 fully saturated rings. The van der Waals surface area contributed by atoms with E-state index in [9.17, 15) is 4.79 Å². The molecule has 27 heavy (non-hydrogen) atoms. The molecule has 0 atom stereocenters. The number of methoxy groups -OCH3 is 1. The van der Waals surface area contributed by atoms with Gasteiger partial charge in [-0.2, -0.15) is 0 Å². The molecule has 0 spiro atoms. The van der Waals surface area contributed by atoms with Gasteiger partial charge in [0.15, 0.2) is 0 Å². The van der Waals surface area contributed by atoms with Crippen LogP contribution in [-0.2, 0) is 11.2 Å². The van der Waals surface area contributed by atoms with E-state index in [-0.39, 0.29) is 5.91 Å². The fourth-order valence-corrected chi connectivity index (χ4v) is 2.79. The fraction of sp³-hybridized carbons (Fsp3) is 0.125. The van der Waals surface area contributed by atoms with Crippen molar-refractivity contribution in [2.45, 2.75) is 13.3 Å². The number of amides is 1. The van der Waals surface area contributed by atoms with Crippen LogP contribution in [0.2, 0.25) is 0 Å². The summed E-state index contributed by atoms with van der Waals surface area (Å²) < 4.78 is 5.20. The van der Waals surface area contributed by atoms with E-state index in [0.717, 1.165) is 29.0 Å². The number of benzene rings is 3. The van der Waals surface area contributed by atoms with Crippen molar-refractivity contribution >= 4 is 23.2 Å². The molecule has 136 valence electrons. The first kappa shape index (κ1) is 18.5. The highest BCUT2D eigenvalue weighted by atomic mass is 16.5. The van der Waals surface area contributed by atoms with Crippen LogP contribution in [-0.4, -0.2) is 13.0 Å². The Hall–Kier alpha value is -3.33. The third-order valence-electron chi connectivity index (χ3n) is 4.38. The third-order valence-corrected chi connectivity index (χ3v) is 4.38. The average molecular weight is 357 g/mol. The van der Waals surface area contributed by atoms with E-state index in [0.29, 0.717) is 5.57 Å². The summed E-state index contributed by atoms with van der Waals surface area (Å²) in [6.07, 6.45) is 2.87. The van der Waals surface area contributed by atoms with Gasteiger partial charge in [-0.3, -0.25) is 4.79 Å². The summed E-state index contributed by atoms with van der Waals surface area (Å²) in [7, 11) is 1.64. The van der Waals surface area contributed by atoms with Crippen LogP contribution in [0.1, 0.15) is 23.6 Å². The van der Waals surface area contributed by atoms with E-state index in [1.165, 1.54) is 5.56 Å². The molecular weight excluding hydrogens is 334 g/mol. The predicted molar refractivity (Wildman–Crippen MR) is 112 cm³/mol. The smallest absolute Gasteiger partial charge is 0.256 e. The summed E-state index contributed by atoms with van der Waals surface area (Å²) in [6.45, 7) is 2.11. The summed E-state index contributed by atoms with van der Waals surface area (Å²) in [6, 6.07) is 25.3. The van der Waals surface area contributed by atoms with Gasteiger partial charge in [0.1, 0.15) is 5.75 Å². The molecule has 0 unspecified atom stereocenters. The Bertz CT molecular complexity index is 911. The Labute approximate surface area is 160 Å². The number of hydrogen-bond donors (Lipinski definition) is 1. The molecular formula is C24H23NO2. The summed E-state index contributed by atoms with van der Waals surface area (Å²) in [5.74, 6) is 0.648. The van der Waals surface area contributed by atoms with Crippen molar-refractivity contribution in [1.29, 1.82) is 0 Å². The van der Waals surface area contributed by atoms with Gasteiger partial charge >= 0.3 is 0 Å². The SMILES string of the molecule is CCc1ccc(NC(=O)C(=Cc2ccc(OC)cc2)c2ccccc2)cc1. The van der Waals surface area contributed by atoms with E-state index in [1.54, 1.807) is 7.11 Å². The summed E-state index contributed by atoms with van der Waals surface area (Å²) in [4.78, 5) is 13.0. The van der Waals surface area contributed by atoms with Gasteiger partial charge in [-0.15, -0.1) is 0 Å². The lowest BCUT2D eigenvalue weighted by Gasteiger charge is -2.11. The summed E-state index contributed by atoms with van der Waals surface area (Å²) in [5.41, 5.74) is 4.45. The fourth-order valence-electron chi connectivity index (χ4n) is 2.79. The van der Waals surface area contributed by atoms with E-state index >= 15 is 0 Å². The normalized spacial score (nSPS) is 11.1. The van der Waals surface area contributed by atoms with E-state index in [2.05, 4.69) is 12.2 Å². The minimum atomic E-state index is -0.138. The lowest BCUT2D eigenvalue weighted by atomic mass is 10.0. The van der Waals surface area contributed by atoms with Gasteiger partial charge in [0.2, 0.25) is 0 Å². The number of rotatable bonds is 6. The number of anilines is 1. The molecule has 1 N–H and O–H groups in total. The lowest BCUT2D eigenvalue weighted by Crippen LogP contribution is -2.13. The van der Waals surface area contributed by atoms with E-state index in [1.807, 2.05) is 84.9 Å². The van der Waals surface area contributed by atoms with Crippen molar-refractivity contribution in [3.05, 3.63) is 95.6 Å². The van der Waals surface area contributed by atoms with Gasteiger partial charge in [0, 0.05) is 11.3 Å². The first-order chi connectivity index (χ1) is 13.2. The molecule has 0 aliphatic rings. The zero-order valence-electron chi connectivity index (χ0n) is 15.6. The van der Waals surface area contributed by atoms with Gasteiger partial charge < -0.3 is 10.1 Å². The number of aryl methyl sites for hydroxylation is 1. The van der Waals surface area contributed by atoms with Gasteiger partial charge in [-0.25, -0.2) is 0 Å². The molecule has 0 radical (unpaired) electrons. The largest absolute Gasteiger partial charge is 0.497 e.